The first-order valence-corrected chi connectivity index (χ1v) is 8.54. The molecule has 0 fully saturated rings. The van der Waals surface area contributed by atoms with Crippen LogP contribution in [0.1, 0.15) is 29.0 Å². The molecule has 24 heavy (non-hydrogen) atoms. The molecule has 124 valence electrons. The highest BCUT2D eigenvalue weighted by Crippen LogP contribution is 2.21. The zero-order valence-corrected chi connectivity index (χ0v) is 14.9. The van der Waals surface area contributed by atoms with Crippen molar-refractivity contribution in [2.75, 3.05) is 5.32 Å². The van der Waals surface area contributed by atoms with Gasteiger partial charge in [0.05, 0.1) is 11.7 Å². The van der Waals surface area contributed by atoms with Gasteiger partial charge in [-0.3, -0.25) is 14.2 Å². The van der Waals surface area contributed by atoms with Crippen molar-refractivity contribution in [1.29, 1.82) is 0 Å². The number of hydrogen-bond donors (Lipinski definition) is 1. The summed E-state index contributed by atoms with van der Waals surface area (Å²) in [5.74, 6) is -0.237. The topological polar surface area (TPSA) is 64.0 Å². The van der Waals surface area contributed by atoms with E-state index in [1.807, 2.05) is 45.0 Å². The van der Waals surface area contributed by atoms with Gasteiger partial charge in [0.15, 0.2) is 0 Å². The van der Waals surface area contributed by atoms with Crippen LogP contribution in [0, 0.1) is 20.8 Å². The van der Waals surface area contributed by atoms with Crippen molar-refractivity contribution in [3.05, 3.63) is 57.0 Å². The third-order valence-corrected chi connectivity index (χ3v) is 5.22. The zero-order valence-electron chi connectivity index (χ0n) is 14.1. The monoisotopic (exact) mass is 341 g/mol. The van der Waals surface area contributed by atoms with Gasteiger partial charge in [-0.25, -0.2) is 4.98 Å². The van der Waals surface area contributed by atoms with Crippen LogP contribution < -0.4 is 10.9 Å². The Balaban J connectivity index is 1.92. The quantitative estimate of drug-likeness (QED) is 0.792. The van der Waals surface area contributed by atoms with Crippen molar-refractivity contribution in [2.45, 2.75) is 33.7 Å². The SMILES string of the molecule is Cc1cc2c(=O)n(C(C)C(=O)Nc3cccc(C)c3C)cnc2s1. The summed E-state index contributed by atoms with van der Waals surface area (Å²) >= 11 is 1.48. The number of hydrogen-bond acceptors (Lipinski definition) is 4. The van der Waals surface area contributed by atoms with Gasteiger partial charge in [-0.15, -0.1) is 11.3 Å². The van der Waals surface area contributed by atoms with Gasteiger partial charge in [0.1, 0.15) is 10.9 Å². The molecule has 2 heterocycles. The van der Waals surface area contributed by atoms with E-state index in [9.17, 15) is 9.59 Å². The number of nitrogens with zero attached hydrogens (tertiary/aromatic N) is 2. The smallest absolute Gasteiger partial charge is 0.262 e. The summed E-state index contributed by atoms with van der Waals surface area (Å²) in [7, 11) is 0. The Labute approximate surface area is 144 Å². The molecule has 0 radical (unpaired) electrons. The first-order valence-electron chi connectivity index (χ1n) is 7.73. The maximum Gasteiger partial charge on any atom is 0.262 e. The van der Waals surface area contributed by atoms with Gasteiger partial charge < -0.3 is 5.32 Å². The van der Waals surface area contributed by atoms with Gasteiger partial charge in [0.25, 0.3) is 5.56 Å². The lowest BCUT2D eigenvalue weighted by atomic mass is 10.1. The van der Waals surface area contributed by atoms with E-state index < -0.39 is 6.04 Å². The molecular weight excluding hydrogens is 322 g/mol. The molecule has 2 aromatic heterocycles. The molecule has 0 saturated heterocycles. The fraction of sp³-hybridized carbons (Fsp3) is 0.278. The van der Waals surface area contributed by atoms with Gasteiger partial charge in [0.2, 0.25) is 5.91 Å². The van der Waals surface area contributed by atoms with Crippen molar-refractivity contribution < 1.29 is 4.79 Å². The van der Waals surface area contributed by atoms with Crippen LogP contribution in [-0.4, -0.2) is 15.5 Å². The van der Waals surface area contributed by atoms with Crippen molar-refractivity contribution in [1.82, 2.24) is 9.55 Å². The van der Waals surface area contributed by atoms with Crippen molar-refractivity contribution in [3.8, 4) is 0 Å². The third-order valence-electron chi connectivity index (χ3n) is 4.26. The summed E-state index contributed by atoms with van der Waals surface area (Å²) in [5.41, 5.74) is 2.70. The second-order valence-electron chi connectivity index (χ2n) is 5.95. The predicted octanol–water partition coefficient (Wildman–Crippen LogP) is 3.58. The Morgan fingerprint density at radius 2 is 2.04 bits per heavy atom. The summed E-state index contributed by atoms with van der Waals surface area (Å²) < 4.78 is 1.38. The average molecular weight is 341 g/mol. The van der Waals surface area contributed by atoms with Crippen molar-refractivity contribution in [3.63, 3.8) is 0 Å². The second-order valence-corrected chi connectivity index (χ2v) is 7.18. The molecule has 1 amide bonds. The van der Waals surface area contributed by atoms with E-state index in [2.05, 4.69) is 10.3 Å². The van der Waals surface area contributed by atoms with Crippen molar-refractivity contribution >= 4 is 33.1 Å². The normalized spacial score (nSPS) is 12.3. The fourth-order valence-corrected chi connectivity index (χ4v) is 3.42. The van der Waals surface area contributed by atoms with Crippen LogP contribution in [0.15, 0.2) is 35.4 Å². The summed E-state index contributed by atoms with van der Waals surface area (Å²) in [6.07, 6.45) is 1.45. The number of rotatable bonds is 3. The highest BCUT2D eigenvalue weighted by atomic mass is 32.1. The number of carbonyl (C=O) groups excluding carboxylic acids is 1. The van der Waals surface area contributed by atoms with Gasteiger partial charge in [0, 0.05) is 10.6 Å². The number of aromatic nitrogens is 2. The van der Waals surface area contributed by atoms with Crippen LogP contribution >= 0.6 is 11.3 Å². The number of fused-ring (bicyclic) bond motifs is 1. The van der Waals surface area contributed by atoms with Crippen LogP contribution in [0.3, 0.4) is 0 Å². The van der Waals surface area contributed by atoms with Crippen LogP contribution in [-0.2, 0) is 4.79 Å². The molecule has 0 aliphatic heterocycles. The standard InChI is InChI=1S/C18H19N3O2S/c1-10-6-5-7-15(12(10)3)20-16(22)13(4)21-9-19-17-14(18(21)23)8-11(2)24-17/h5-9,13H,1-4H3,(H,20,22). The molecule has 0 aliphatic rings. The molecule has 0 bridgehead atoms. The van der Waals surface area contributed by atoms with Gasteiger partial charge in [-0.2, -0.15) is 0 Å². The van der Waals surface area contributed by atoms with E-state index in [-0.39, 0.29) is 11.5 Å². The number of carbonyl (C=O) groups is 1. The lowest BCUT2D eigenvalue weighted by molar-refractivity contribution is -0.118. The Hall–Kier alpha value is -2.47. The maximum atomic E-state index is 12.6. The molecule has 0 aliphatic carbocycles. The minimum atomic E-state index is -0.644. The van der Waals surface area contributed by atoms with Gasteiger partial charge in [-0.05, 0) is 51.0 Å². The van der Waals surface area contributed by atoms with Crippen molar-refractivity contribution in [2.24, 2.45) is 0 Å². The van der Waals surface area contributed by atoms with Crippen LogP contribution in [0.2, 0.25) is 0 Å². The lowest BCUT2D eigenvalue weighted by Crippen LogP contribution is -2.31. The predicted molar refractivity (Wildman–Crippen MR) is 97.9 cm³/mol. The molecule has 0 spiro atoms. The summed E-state index contributed by atoms with van der Waals surface area (Å²) in [6, 6.07) is 6.93. The molecule has 1 N–H and O–H groups in total. The third kappa shape index (κ3) is 2.85. The summed E-state index contributed by atoms with van der Waals surface area (Å²) in [6.45, 7) is 7.60. The lowest BCUT2D eigenvalue weighted by Gasteiger charge is -2.16. The molecule has 3 aromatic rings. The van der Waals surface area contributed by atoms with Crippen LogP contribution in [0.5, 0.6) is 0 Å². The highest BCUT2D eigenvalue weighted by Gasteiger charge is 2.19. The summed E-state index contributed by atoms with van der Waals surface area (Å²) in [4.78, 5) is 31.2. The Morgan fingerprint density at radius 1 is 1.29 bits per heavy atom. The molecule has 3 rings (SSSR count). The largest absolute Gasteiger partial charge is 0.324 e. The minimum absolute atomic E-state index is 0.187. The van der Waals surface area contributed by atoms with E-state index in [0.29, 0.717) is 10.2 Å². The molecule has 0 saturated carbocycles. The molecule has 1 unspecified atom stereocenters. The maximum absolute atomic E-state index is 12.6. The molecule has 6 heteroatoms. The second kappa shape index (κ2) is 6.20. The minimum Gasteiger partial charge on any atom is -0.324 e. The number of amides is 1. The van der Waals surface area contributed by atoms with Crippen LogP contribution in [0.25, 0.3) is 10.2 Å². The Morgan fingerprint density at radius 3 is 2.79 bits per heavy atom. The van der Waals surface area contributed by atoms with E-state index in [0.717, 1.165) is 21.7 Å². The first-order chi connectivity index (χ1) is 11.4. The fourth-order valence-electron chi connectivity index (χ4n) is 2.58. The average Bonchev–Trinajstić information content (AvgIpc) is 2.93. The Kier molecular flexibility index (Phi) is 4.24. The highest BCUT2D eigenvalue weighted by molar-refractivity contribution is 7.18. The molecule has 1 atom stereocenters. The number of nitrogens with one attached hydrogen (secondary N) is 1. The zero-order chi connectivity index (χ0) is 17.4. The van der Waals surface area contributed by atoms with E-state index in [1.54, 1.807) is 6.92 Å². The van der Waals surface area contributed by atoms with E-state index in [1.165, 1.54) is 22.2 Å². The summed E-state index contributed by atoms with van der Waals surface area (Å²) in [5, 5.41) is 3.47. The molecule has 5 nitrogen and oxygen atoms in total. The van der Waals surface area contributed by atoms with E-state index >= 15 is 0 Å². The molecular formula is C18H19N3O2S. The number of benzene rings is 1. The van der Waals surface area contributed by atoms with E-state index in [4.69, 9.17) is 0 Å². The number of aryl methyl sites for hydroxylation is 2. The van der Waals surface area contributed by atoms with Gasteiger partial charge in [-0.1, -0.05) is 12.1 Å². The Bertz CT molecular complexity index is 988. The first kappa shape index (κ1) is 16.4. The van der Waals surface area contributed by atoms with Crippen LogP contribution in [0.4, 0.5) is 5.69 Å². The van der Waals surface area contributed by atoms with Gasteiger partial charge >= 0.3 is 0 Å². The number of thiophene rings is 1. The molecule has 1 aromatic carbocycles. The number of anilines is 1.